The van der Waals surface area contributed by atoms with E-state index in [2.05, 4.69) is 5.32 Å². The molecule has 4 aromatic carbocycles. The fourth-order valence-electron chi connectivity index (χ4n) is 3.58. The second-order valence-corrected chi connectivity index (χ2v) is 9.87. The molecule has 0 unspecified atom stereocenters. The second-order valence-electron chi connectivity index (χ2n) is 7.60. The molecule has 1 amide bonds. The van der Waals surface area contributed by atoms with E-state index in [0.29, 0.717) is 5.75 Å². The smallest absolute Gasteiger partial charge is 0.264 e. The van der Waals surface area contributed by atoms with Gasteiger partial charge in [-0.1, -0.05) is 66.2 Å². The lowest BCUT2D eigenvalue weighted by Gasteiger charge is -2.24. The van der Waals surface area contributed by atoms with Crippen LogP contribution in [0.4, 0.5) is 5.69 Å². The van der Waals surface area contributed by atoms with Gasteiger partial charge in [0, 0.05) is 6.54 Å². The normalized spacial score (nSPS) is 11.2. The van der Waals surface area contributed by atoms with Gasteiger partial charge in [-0.3, -0.25) is 9.10 Å². The van der Waals surface area contributed by atoms with Gasteiger partial charge in [-0.15, -0.1) is 0 Å². The van der Waals surface area contributed by atoms with Crippen LogP contribution in [0.5, 0.6) is 5.75 Å². The number of carbonyl (C=O) groups is 1. The van der Waals surface area contributed by atoms with Crippen molar-refractivity contribution < 1.29 is 17.9 Å². The Balaban J connectivity index is 1.58. The maximum atomic E-state index is 13.4. The molecule has 0 fully saturated rings. The zero-order valence-electron chi connectivity index (χ0n) is 18.4. The Morgan fingerprint density at radius 1 is 0.912 bits per heavy atom. The molecule has 0 heterocycles. The molecule has 0 bridgehead atoms. The minimum atomic E-state index is -4.02. The molecule has 1 N–H and O–H groups in total. The first-order valence-electron chi connectivity index (χ1n) is 10.5. The van der Waals surface area contributed by atoms with E-state index in [1.54, 1.807) is 30.3 Å². The zero-order chi connectivity index (χ0) is 24.1. The topological polar surface area (TPSA) is 75.7 Å². The van der Waals surface area contributed by atoms with Gasteiger partial charge in [0.25, 0.3) is 10.0 Å². The molecule has 0 spiro atoms. The number of fused-ring (bicyclic) bond motifs is 1. The van der Waals surface area contributed by atoms with Crippen molar-refractivity contribution in [3.63, 3.8) is 0 Å². The summed E-state index contributed by atoms with van der Waals surface area (Å²) in [5.74, 6) is -0.0390. The van der Waals surface area contributed by atoms with Crippen molar-refractivity contribution in [2.24, 2.45) is 0 Å². The fourth-order valence-corrected chi connectivity index (χ4v) is 5.27. The molecular weight excluding hydrogens is 472 g/mol. The van der Waals surface area contributed by atoms with E-state index in [1.165, 1.54) is 25.3 Å². The van der Waals surface area contributed by atoms with Crippen molar-refractivity contribution in [3.8, 4) is 5.75 Å². The molecule has 4 aromatic rings. The van der Waals surface area contributed by atoms with Gasteiger partial charge >= 0.3 is 0 Å². The van der Waals surface area contributed by atoms with Crippen LogP contribution in [0, 0.1) is 0 Å². The van der Waals surface area contributed by atoms with Gasteiger partial charge in [0.15, 0.2) is 0 Å². The number of nitrogens with zero attached hydrogens (tertiary/aromatic N) is 1. The highest BCUT2D eigenvalue weighted by molar-refractivity contribution is 7.92. The van der Waals surface area contributed by atoms with Crippen LogP contribution in [0.15, 0.2) is 95.9 Å². The summed E-state index contributed by atoms with van der Waals surface area (Å²) in [6.45, 7) is -0.139. The van der Waals surface area contributed by atoms with Crippen LogP contribution in [-0.4, -0.2) is 28.0 Å². The number of ether oxygens (including phenoxy) is 1. The summed E-state index contributed by atoms with van der Waals surface area (Å²) >= 11 is 6.25. The van der Waals surface area contributed by atoms with E-state index >= 15 is 0 Å². The molecule has 0 aliphatic carbocycles. The molecule has 4 rings (SSSR count). The Kier molecular flexibility index (Phi) is 7.05. The number of benzene rings is 4. The van der Waals surface area contributed by atoms with Crippen molar-refractivity contribution in [1.82, 2.24) is 5.32 Å². The standard InChI is InChI=1S/C26H23ClN2O4S/c1-33-25-14-13-22(16-24(25)27)29(34(31,32)23-9-3-2-4-10-23)18-26(30)28-17-19-11-12-20-7-5-6-8-21(20)15-19/h2-16H,17-18H2,1H3,(H,28,30). The summed E-state index contributed by atoms with van der Waals surface area (Å²) < 4.78 is 33.1. The van der Waals surface area contributed by atoms with E-state index < -0.39 is 22.5 Å². The molecule has 0 saturated heterocycles. The van der Waals surface area contributed by atoms with E-state index in [9.17, 15) is 13.2 Å². The first-order chi connectivity index (χ1) is 16.4. The van der Waals surface area contributed by atoms with Gasteiger partial charge in [0.05, 0.1) is 22.7 Å². The molecule has 34 heavy (non-hydrogen) atoms. The van der Waals surface area contributed by atoms with Gasteiger partial charge in [0.1, 0.15) is 12.3 Å². The van der Waals surface area contributed by atoms with Crippen LogP contribution in [-0.2, 0) is 21.4 Å². The number of hydrogen-bond acceptors (Lipinski definition) is 4. The number of halogens is 1. The first kappa shape index (κ1) is 23.6. The van der Waals surface area contributed by atoms with Crippen LogP contribution in [0.1, 0.15) is 5.56 Å². The number of rotatable bonds is 8. The quantitative estimate of drug-likeness (QED) is 0.373. The monoisotopic (exact) mass is 494 g/mol. The van der Waals surface area contributed by atoms with Gasteiger partial charge in [-0.25, -0.2) is 8.42 Å². The third-order valence-corrected chi connectivity index (χ3v) is 7.43. The Bertz CT molecular complexity index is 1430. The van der Waals surface area contributed by atoms with Crippen molar-refractivity contribution in [2.45, 2.75) is 11.4 Å². The fraction of sp³-hybridized carbons (Fsp3) is 0.115. The molecule has 6 nitrogen and oxygen atoms in total. The first-order valence-corrected chi connectivity index (χ1v) is 12.4. The lowest BCUT2D eigenvalue weighted by molar-refractivity contribution is -0.119. The summed E-state index contributed by atoms with van der Waals surface area (Å²) in [4.78, 5) is 12.9. The summed E-state index contributed by atoms with van der Waals surface area (Å²) in [5.41, 5.74) is 1.17. The van der Waals surface area contributed by atoms with Gasteiger partial charge < -0.3 is 10.1 Å². The van der Waals surface area contributed by atoms with Crippen LogP contribution in [0.25, 0.3) is 10.8 Å². The number of carbonyl (C=O) groups excluding carboxylic acids is 1. The van der Waals surface area contributed by atoms with Crippen molar-refractivity contribution >= 4 is 44.0 Å². The second kappa shape index (κ2) is 10.2. The largest absolute Gasteiger partial charge is 0.495 e. The van der Waals surface area contributed by atoms with Gasteiger partial charge in [0.2, 0.25) is 5.91 Å². The number of methoxy groups -OCH3 is 1. The Morgan fingerprint density at radius 3 is 2.32 bits per heavy atom. The van der Waals surface area contributed by atoms with Crippen LogP contribution in [0.3, 0.4) is 0 Å². The summed E-state index contributed by atoms with van der Waals surface area (Å²) in [6, 6.07) is 26.4. The predicted molar refractivity (Wildman–Crippen MR) is 135 cm³/mol. The average molecular weight is 495 g/mol. The van der Waals surface area contributed by atoms with E-state index in [1.807, 2.05) is 42.5 Å². The number of sulfonamides is 1. The molecule has 174 valence electrons. The van der Waals surface area contributed by atoms with Crippen LogP contribution >= 0.6 is 11.6 Å². The average Bonchev–Trinajstić information content (AvgIpc) is 2.86. The van der Waals surface area contributed by atoms with Crippen LogP contribution < -0.4 is 14.4 Å². The number of anilines is 1. The molecule has 0 saturated carbocycles. The Hall–Kier alpha value is -3.55. The summed E-state index contributed by atoms with van der Waals surface area (Å²) in [5, 5.41) is 5.23. The highest BCUT2D eigenvalue weighted by atomic mass is 35.5. The highest BCUT2D eigenvalue weighted by Crippen LogP contribution is 2.31. The SMILES string of the molecule is COc1ccc(N(CC(=O)NCc2ccc3ccccc3c2)S(=O)(=O)c2ccccc2)cc1Cl. The van der Waals surface area contributed by atoms with E-state index in [-0.39, 0.29) is 22.2 Å². The molecule has 0 aromatic heterocycles. The third-order valence-electron chi connectivity index (χ3n) is 5.35. The van der Waals surface area contributed by atoms with E-state index in [0.717, 1.165) is 20.6 Å². The molecule has 8 heteroatoms. The van der Waals surface area contributed by atoms with E-state index in [4.69, 9.17) is 16.3 Å². The van der Waals surface area contributed by atoms with Crippen molar-refractivity contribution in [3.05, 3.63) is 102 Å². The number of hydrogen-bond donors (Lipinski definition) is 1. The van der Waals surface area contributed by atoms with Crippen molar-refractivity contribution in [2.75, 3.05) is 18.0 Å². The summed E-state index contributed by atoms with van der Waals surface area (Å²) in [7, 11) is -2.55. The predicted octanol–water partition coefficient (Wildman–Crippen LogP) is 5.01. The molecule has 0 aliphatic rings. The van der Waals surface area contributed by atoms with Crippen LogP contribution in [0.2, 0.25) is 5.02 Å². The number of nitrogens with one attached hydrogen (secondary N) is 1. The lowest BCUT2D eigenvalue weighted by atomic mass is 10.1. The molecule has 0 aliphatic heterocycles. The maximum Gasteiger partial charge on any atom is 0.264 e. The van der Waals surface area contributed by atoms with Crippen molar-refractivity contribution in [1.29, 1.82) is 0 Å². The van der Waals surface area contributed by atoms with Gasteiger partial charge in [-0.2, -0.15) is 0 Å². The molecule has 0 atom stereocenters. The Morgan fingerprint density at radius 2 is 1.62 bits per heavy atom. The zero-order valence-corrected chi connectivity index (χ0v) is 20.0. The third kappa shape index (κ3) is 5.16. The highest BCUT2D eigenvalue weighted by Gasteiger charge is 2.27. The Labute approximate surface area is 203 Å². The molecular formula is C26H23ClN2O4S. The minimum Gasteiger partial charge on any atom is -0.495 e. The van der Waals surface area contributed by atoms with Gasteiger partial charge in [-0.05, 0) is 52.7 Å². The maximum absolute atomic E-state index is 13.4. The molecule has 0 radical (unpaired) electrons. The summed E-state index contributed by atoms with van der Waals surface area (Å²) in [6.07, 6.45) is 0. The number of amides is 1. The minimum absolute atomic E-state index is 0.0734. The lowest BCUT2D eigenvalue weighted by Crippen LogP contribution is -2.40.